The van der Waals surface area contributed by atoms with Crippen LogP contribution in [0.1, 0.15) is 34.5 Å². The quantitative estimate of drug-likeness (QED) is 0.907. The molecule has 0 aliphatic carbocycles. The highest BCUT2D eigenvalue weighted by Crippen LogP contribution is 2.25. The Morgan fingerprint density at radius 3 is 2.48 bits per heavy atom. The van der Waals surface area contributed by atoms with Crippen molar-refractivity contribution in [3.05, 3.63) is 41.1 Å². The summed E-state index contributed by atoms with van der Waals surface area (Å²) in [7, 11) is -1.85. The van der Waals surface area contributed by atoms with Crippen molar-refractivity contribution in [2.75, 3.05) is 20.1 Å². The molecule has 1 aromatic heterocycles. The molecule has 3 rings (SSSR count). The van der Waals surface area contributed by atoms with Gasteiger partial charge in [0, 0.05) is 18.5 Å². The van der Waals surface area contributed by atoms with E-state index in [2.05, 4.69) is 9.71 Å². The van der Waals surface area contributed by atoms with E-state index in [9.17, 15) is 13.2 Å². The van der Waals surface area contributed by atoms with Crippen LogP contribution in [0.2, 0.25) is 0 Å². The molecule has 0 saturated carbocycles. The van der Waals surface area contributed by atoms with Gasteiger partial charge in [0.05, 0.1) is 22.0 Å². The van der Waals surface area contributed by atoms with Gasteiger partial charge >= 0.3 is 0 Å². The third-order valence-electron chi connectivity index (χ3n) is 5.00. The van der Waals surface area contributed by atoms with Crippen molar-refractivity contribution in [3.63, 3.8) is 0 Å². The Morgan fingerprint density at radius 1 is 1.20 bits per heavy atom. The maximum absolute atomic E-state index is 13.0. The van der Waals surface area contributed by atoms with Crippen LogP contribution in [0.3, 0.4) is 0 Å². The van der Waals surface area contributed by atoms with Crippen LogP contribution in [0.4, 0.5) is 0 Å². The zero-order chi connectivity index (χ0) is 18.2. The number of aromatic nitrogens is 1. The van der Waals surface area contributed by atoms with Crippen LogP contribution in [0.15, 0.2) is 24.3 Å². The smallest absolute Gasteiger partial charge is 0.255 e. The number of hydrogen-bond acceptors (Lipinski definition) is 4. The van der Waals surface area contributed by atoms with Gasteiger partial charge < -0.3 is 4.90 Å². The van der Waals surface area contributed by atoms with Gasteiger partial charge in [-0.1, -0.05) is 18.2 Å². The highest BCUT2D eigenvalue weighted by Gasteiger charge is 2.32. The van der Waals surface area contributed by atoms with Gasteiger partial charge in [-0.3, -0.25) is 9.78 Å². The number of para-hydroxylation sites is 1. The lowest BCUT2D eigenvalue weighted by Crippen LogP contribution is -2.45. The fourth-order valence-electron chi connectivity index (χ4n) is 3.54. The largest absolute Gasteiger partial charge is 0.338 e. The Labute approximate surface area is 148 Å². The second-order valence-electron chi connectivity index (χ2n) is 6.46. The Kier molecular flexibility index (Phi) is 4.79. The van der Waals surface area contributed by atoms with E-state index in [1.54, 1.807) is 4.90 Å². The molecule has 1 aromatic carbocycles. The summed E-state index contributed by atoms with van der Waals surface area (Å²) in [6.07, 6.45) is 0.905. The third kappa shape index (κ3) is 3.26. The van der Waals surface area contributed by atoms with E-state index < -0.39 is 15.3 Å². The van der Waals surface area contributed by atoms with E-state index in [1.807, 2.05) is 38.1 Å². The van der Waals surface area contributed by atoms with Crippen molar-refractivity contribution in [2.45, 2.75) is 31.9 Å². The normalized spacial score (nSPS) is 16.4. The van der Waals surface area contributed by atoms with E-state index in [0.717, 1.165) is 16.5 Å². The first kappa shape index (κ1) is 17.8. The van der Waals surface area contributed by atoms with Crippen molar-refractivity contribution in [2.24, 2.45) is 0 Å². The monoisotopic (exact) mass is 361 g/mol. The van der Waals surface area contributed by atoms with E-state index in [1.165, 1.54) is 7.05 Å². The number of rotatable bonds is 3. The number of carbonyl (C=O) groups excluding carboxylic acids is 1. The Hall–Kier alpha value is -1.99. The summed E-state index contributed by atoms with van der Waals surface area (Å²) in [5.74, 6) is -0.0615. The molecule has 0 unspecified atom stereocenters. The van der Waals surface area contributed by atoms with Crippen molar-refractivity contribution in [1.29, 1.82) is 0 Å². The molecule has 1 aliphatic rings. The SMILES string of the molecule is CNS(=O)(=O)C1CCN(C(=O)c2c(C)nc3ccccc3c2C)CC1. The predicted molar refractivity (Wildman–Crippen MR) is 98.1 cm³/mol. The van der Waals surface area contributed by atoms with E-state index in [4.69, 9.17) is 0 Å². The predicted octanol–water partition coefficient (Wildman–Crippen LogP) is 2.01. The van der Waals surface area contributed by atoms with Crippen LogP contribution in [-0.2, 0) is 10.0 Å². The minimum atomic E-state index is -3.28. The second-order valence-corrected chi connectivity index (χ2v) is 8.62. The van der Waals surface area contributed by atoms with Gasteiger partial charge in [0.25, 0.3) is 5.91 Å². The maximum atomic E-state index is 13.0. The van der Waals surface area contributed by atoms with Gasteiger partial charge in [0.2, 0.25) is 10.0 Å². The third-order valence-corrected chi connectivity index (χ3v) is 6.92. The lowest BCUT2D eigenvalue weighted by molar-refractivity contribution is 0.0723. The molecule has 2 heterocycles. The summed E-state index contributed by atoms with van der Waals surface area (Å²) in [5, 5.41) is 0.544. The summed E-state index contributed by atoms with van der Waals surface area (Å²) >= 11 is 0. The topological polar surface area (TPSA) is 79.4 Å². The van der Waals surface area contributed by atoms with Gasteiger partial charge in [-0.2, -0.15) is 0 Å². The van der Waals surface area contributed by atoms with Gasteiger partial charge in [0.1, 0.15) is 0 Å². The lowest BCUT2D eigenvalue weighted by Gasteiger charge is -2.32. The molecule has 25 heavy (non-hydrogen) atoms. The van der Waals surface area contributed by atoms with E-state index >= 15 is 0 Å². The number of fused-ring (bicyclic) bond motifs is 1. The number of benzene rings is 1. The fraction of sp³-hybridized carbons (Fsp3) is 0.444. The number of carbonyl (C=O) groups is 1. The van der Waals surface area contributed by atoms with E-state index in [0.29, 0.717) is 37.2 Å². The van der Waals surface area contributed by atoms with Crippen LogP contribution in [0.25, 0.3) is 10.9 Å². The first-order valence-corrected chi connectivity index (χ1v) is 9.97. The lowest BCUT2D eigenvalue weighted by atomic mass is 10.00. The zero-order valence-corrected chi connectivity index (χ0v) is 15.6. The molecular weight excluding hydrogens is 338 g/mol. The first-order chi connectivity index (χ1) is 11.8. The zero-order valence-electron chi connectivity index (χ0n) is 14.7. The molecule has 1 amide bonds. The average Bonchev–Trinajstić information content (AvgIpc) is 2.61. The molecule has 7 heteroatoms. The molecule has 1 N–H and O–H groups in total. The number of likely N-dealkylation sites (tertiary alicyclic amines) is 1. The Morgan fingerprint density at radius 2 is 1.84 bits per heavy atom. The molecule has 1 aliphatic heterocycles. The summed E-state index contributed by atoms with van der Waals surface area (Å²) in [6, 6.07) is 7.79. The van der Waals surface area contributed by atoms with Crippen molar-refractivity contribution in [3.8, 4) is 0 Å². The van der Waals surface area contributed by atoms with Crippen LogP contribution >= 0.6 is 0 Å². The number of hydrogen-bond donors (Lipinski definition) is 1. The Balaban J connectivity index is 1.87. The summed E-state index contributed by atoms with van der Waals surface area (Å²) in [4.78, 5) is 19.3. The van der Waals surface area contributed by atoms with Crippen molar-refractivity contribution >= 4 is 26.8 Å². The molecule has 0 spiro atoms. The number of nitrogens with one attached hydrogen (secondary N) is 1. The molecule has 1 fully saturated rings. The van der Waals surface area contributed by atoms with Gasteiger partial charge in [-0.05, 0) is 45.4 Å². The maximum Gasteiger partial charge on any atom is 0.255 e. The number of sulfonamides is 1. The highest BCUT2D eigenvalue weighted by atomic mass is 32.2. The second kappa shape index (κ2) is 6.72. The highest BCUT2D eigenvalue weighted by molar-refractivity contribution is 7.90. The summed E-state index contributed by atoms with van der Waals surface area (Å²) < 4.78 is 26.2. The van der Waals surface area contributed by atoms with Gasteiger partial charge in [-0.15, -0.1) is 0 Å². The average molecular weight is 361 g/mol. The van der Waals surface area contributed by atoms with Crippen molar-refractivity contribution < 1.29 is 13.2 Å². The minimum absolute atomic E-state index is 0.0615. The molecule has 6 nitrogen and oxygen atoms in total. The molecule has 2 aromatic rings. The number of pyridine rings is 1. The summed E-state index contributed by atoms with van der Waals surface area (Å²) in [6.45, 7) is 4.68. The molecule has 0 bridgehead atoms. The van der Waals surface area contributed by atoms with Gasteiger partial charge in [0.15, 0.2) is 0 Å². The van der Waals surface area contributed by atoms with Crippen LogP contribution in [-0.4, -0.2) is 49.6 Å². The number of amides is 1. The molecule has 1 saturated heterocycles. The number of nitrogens with zero attached hydrogens (tertiary/aromatic N) is 2. The van der Waals surface area contributed by atoms with Gasteiger partial charge in [-0.25, -0.2) is 13.1 Å². The Bertz CT molecular complexity index is 917. The summed E-state index contributed by atoms with van der Waals surface area (Å²) in [5.41, 5.74) is 3.16. The first-order valence-electron chi connectivity index (χ1n) is 8.42. The van der Waals surface area contributed by atoms with E-state index in [-0.39, 0.29) is 5.91 Å². The van der Waals surface area contributed by atoms with Crippen LogP contribution in [0, 0.1) is 13.8 Å². The van der Waals surface area contributed by atoms with Crippen molar-refractivity contribution in [1.82, 2.24) is 14.6 Å². The molecular formula is C18H23N3O3S. The minimum Gasteiger partial charge on any atom is -0.338 e. The molecule has 0 atom stereocenters. The number of aryl methyl sites for hydroxylation is 2. The number of piperidine rings is 1. The van der Waals surface area contributed by atoms with Crippen LogP contribution < -0.4 is 4.72 Å². The molecule has 134 valence electrons. The molecule has 0 radical (unpaired) electrons. The van der Waals surface area contributed by atoms with Crippen LogP contribution in [0.5, 0.6) is 0 Å². The fourth-order valence-corrected chi connectivity index (χ4v) is 4.70. The standard InChI is InChI=1S/C18H23N3O3S/c1-12-15-6-4-5-7-16(15)20-13(2)17(12)18(22)21-10-8-14(9-11-21)25(23,24)19-3/h4-7,14,19H,8-11H2,1-3H3.